The van der Waals surface area contributed by atoms with Gasteiger partial charge in [-0.05, 0) is 54.3 Å². The zero-order valence-corrected chi connectivity index (χ0v) is 14.4. The van der Waals surface area contributed by atoms with Crippen LogP contribution in [0.25, 0.3) is 0 Å². The van der Waals surface area contributed by atoms with Gasteiger partial charge in [-0.25, -0.2) is 0 Å². The molecular formula is C18H20BrNO2. The number of nitrogens with one attached hydrogen (secondary N) is 1. The fourth-order valence-electron chi connectivity index (χ4n) is 2.82. The SMILES string of the molecule is COc1ccc(C2OCNC(C)Cc3ccc(Br)cc32)cc1. The molecule has 1 aliphatic rings. The second-order valence-electron chi connectivity index (χ2n) is 5.62. The van der Waals surface area contributed by atoms with Crippen molar-refractivity contribution >= 4 is 15.9 Å². The van der Waals surface area contributed by atoms with Crippen molar-refractivity contribution in [1.82, 2.24) is 5.32 Å². The maximum atomic E-state index is 6.12. The molecule has 0 spiro atoms. The van der Waals surface area contributed by atoms with Gasteiger partial charge in [0.15, 0.2) is 0 Å². The van der Waals surface area contributed by atoms with Crippen LogP contribution in [0.4, 0.5) is 0 Å². The molecule has 1 heterocycles. The van der Waals surface area contributed by atoms with Crippen molar-refractivity contribution in [3.05, 3.63) is 63.6 Å². The largest absolute Gasteiger partial charge is 0.497 e. The molecule has 0 radical (unpaired) electrons. The number of halogens is 1. The van der Waals surface area contributed by atoms with Crippen LogP contribution in [0, 0.1) is 0 Å². The molecular weight excluding hydrogens is 342 g/mol. The standard InChI is InChI=1S/C18H20BrNO2/c1-12-9-14-3-6-15(19)10-17(14)18(22-11-20-12)13-4-7-16(21-2)8-5-13/h3-8,10,12,18,20H,9,11H2,1-2H3. The van der Waals surface area contributed by atoms with E-state index in [9.17, 15) is 0 Å². The van der Waals surface area contributed by atoms with Crippen molar-refractivity contribution in [1.29, 1.82) is 0 Å². The molecule has 0 aliphatic carbocycles. The Morgan fingerprint density at radius 2 is 1.95 bits per heavy atom. The van der Waals surface area contributed by atoms with E-state index in [1.165, 1.54) is 11.1 Å². The van der Waals surface area contributed by atoms with Crippen molar-refractivity contribution in [3.63, 3.8) is 0 Å². The van der Waals surface area contributed by atoms with Gasteiger partial charge in [0, 0.05) is 10.5 Å². The summed E-state index contributed by atoms with van der Waals surface area (Å²) in [6.07, 6.45) is 0.928. The Morgan fingerprint density at radius 1 is 1.18 bits per heavy atom. The van der Waals surface area contributed by atoms with Crippen LogP contribution >= 0.6 is 15.9 Å². The molecule has 3 rings (SSSR count). The van der Waals surface area contributed by atoms with Crippen molar-refractivity contribution in [2.75, 3.05) is 13.8 Å². The van der Waals surface area contributed by atoms with E-state index < -0.39 is 0 Å². The first-order valence-corrected chi connectivity index (χ1v) is 8.24. The molecule has 22 heavy (non-hydrogen) atoms. The number of ether oxygens (including phenoxy) is 2. The lowest BCUT2D eigenvalue weighted by Gasteiger charge is -2.27. The quantitative estimate of drug-likeness (QED) is 0.874. The lowest BCUT2D eigenvalue weighted by Crippen LogP contribution is -2.34. The fourth-order valence-corrected chi connectivity index (χ4v) is 3.19. The molecule has 1 N–H and O–H groups in total. The third-order valence-corrected chi connectivity index (χ3v) is 4.51. The normalized spacial score (nSPS) is 21.6. The molecule has 0 fully saturated rings. The van der Waals surface area contributed by atoms with E-state index in [2.05, 4.69) is 58.5 Å². The van der Waals surface area contributed by atoms with E-state index in [1.54, 1.807) is 7.11 Å². The van der Waals surface area contributed by atoms with E-state index in [4.69, 9.17) is 9.47 Å². The first-order chi connectivity index (χ1) is 10.7. The van der Waals surface area contributed by atoms with Gasteiger partial charge in [-0.2, -0.15) is 0 Å². The van der Waals surface area contributed by atoms with E-state index in [0.717, 1.165) is 22.2 Å². The third kappa shape index (κ3) is 3.35. The van der Waals surface area contributed by atoms with Crippen LogP contribution in [-0.4, -0.2) is 19.9 Å². The number of benzene rings is 2. The molecule has 3 nitrogen and oxygen atoms in total. The molecule has 2 aromatic rings. The molecule has 2 aromatic carbocycles. The summed E-state index contributed by atoms with van der Waals surface area (Å²) in [7, 11) is 1.68. The van der Waals surface area contributed by atoms with Crippen LogP contribution in [0.5, 0.6) is 5.75 Å². The summed E-state index contributed by atoms with van der Waals surface area (Å²) in [5.74, 6) is 0.857. The Bertz CT molecular complexity index is 642. The topological polar surface area (TPSA) is 30.5 Å². The molecule has 2 unspecified atom stereocenters. The Morgan fingerprint density at radius 3 is 2.68 bits per heavy atom. The highest BCUT2D eigenvalue weighted by Gasteiger charge is 2.22. The zero-order chi connectivity index (χ0) is 15.5. The summed E-state index contributed by atoms with van der Waals surface area (Å²) >= 11 is 3.58. The van der Waals surface area contributed by atoms with Crippen LogP contribution in [0.2, 0.25) is 0 Å². The summed E-state index contributed by atoms with van der Waals surface area (Å²) in [6, 6.07) is 14.9. The number of hydrogen-bond acceptors (Lipinski definition) is 3. The molecule has 0 aromatic heterocycles. The lowest BCUT2D eigenvalue weighted by atomic mass is 9.93. The maximum absolute atomic E-state index is 6.12. The number of hydrogen-bond donors (Lipinski definition) is 1. The Balaban J connectivity index is 2.02. The predicted octanol–water partition coefficient (Wildman–Crippen LogP) is 4.06. The zero-order valence-electron chi connectivity index (χ0n) is 12.8. The number of methoxy groups -OCH3 is 1. The minimum Gasteiger partial charge on any atom is -0.497 e. The molecule has 1 aliphatic heterocycles. The Labute approximate surface area is 139 Å². The summed E-state index contributed by atoms with van der Waals surface area (Å²) in [4.78, 5) is 0. The molecule has 0 bridgehead atoms. The van der Waals surface area contributed by atoms with E-state index >= 15 is 0 Å². The summed E-state index contributed by atoms with van der Waals surface area (Å²) in [6.45, 7) is 2.73. The summed E-state index contributed by atoms with van der Waals surface area (Å²) in [5, 5.41) is 3.40. The molecule has 2 atom stereocenters. The maximum Gasteiger partial charge on any atom is 0.118 e. The minimum atomic E-state index is -0.0709. The van der Waals surface area contributed by atoms with Gasteiger partial charge in [-0.1, -0.05) is 34.1 Å². The smallest absolute Gasteiger partial charge is 0.118 e. The molecule has 116 valence electrons. The highest BCUT2D eigenvalue weighted by molar-refractivity contribution is 9.10. The first-order valence-electron chi connectivity index (χ1n) is 7.44. The van der Waals surface area contributed by atoms with Crippen molar-refractivity contribution < 1.29 is 9.47 Å². The van der Waals surface area contributed by atoms with Crippen molar-refractivity contribution in [3.8, 4) is 5.75 Å². The molecule has 0 saturated heterocycles. The second kappa shape index (κ2) is 6.82. The van der Waals surface area contributed by atoms with Crippen molar-refractivity contribution in [2.24, 2.45) is 0 Å². The van der Waals surface area contributed by atoms with Gasteiger partial charge in [-0.3, -0.25) is 5.32 Å². The van der Waals surface area contributed by atoms with Crippen LogP contribution in [0.3, 0.4) is 0 Å². The molecule has 0 saturated carbocycles. The Hall–Kier alpha value is -1.36. The van der Waals surface area contributed by atoms with Gasteiger partial charge in [0.1, 0.15) is 11.9 Å². The summed E-state index contributed by atoms with van der Waals surface area (Å²) in [5.41, 5.74) is 3.69. The van der Waals surface area contributed by atoms with Gasteiger partial charge in [-0.15, -0.1) is 0 Å². The number of rotatable bonds is 2. The average molecular weight is 362 g/mol. The van der Waals surface area contributed by atoms with Crippen LogP contribution in [0.15, 0.2) is 46.9 Å². The van der Waals surface area contributed by atoms with Crippen LogP contribution in [-0.2, 0) is 11.2 Å². The van der Waals surface area contributed by atoms with Crippen LogP contribution in [0.1, 0.15) is 29.7 Å². The van der Waals surface area contributed by atoms with Gasteiger partial charge in [0.2, 0.25) is 0 Å². The molecule has 4 heteroatoms. The predicted molar refractivity (Wildman–Crippen MR) is 91.2 cm³/mol. The fraction of sp³-hybridized carbons (Fsp3) is 0.333. The average Bonchev–Trinajstić information content (AvgIpc) is 2.52. The van der Waals surface area contributed by atoms with Gasteiger partial charge < -0.3 is 9.47 Å². The third-order valence-electron chi connectivity index (χ3n) is 4.02. The first kappa shape index (κ1) is 15.5. The van der Waals surface area contributed by atoms with Crippen molar-refractivity contribution in [2.45, 2.75) is 25.5 Å². The van der Waals surface area contributed by atoms with Gasteiger partial charge in [0.05, 0.1) is 13.8 Å². The second-order valence-corrected chi connectivity index (χ2v) is 6.53. The molecule has 0 amide bonds. The highest BCUT2D eigenvalue weighted by atomic mass is 79.9. The monoisotopic (exact) mass is 361 g/mol. The lowest BCUT2D eigenvalue weighted by molar-refractivity contribution is 0.0553. The number of fused-ring (bicyclic) bond motifs is 1. The minimum absolute atomic E-state index is 0.0709. The summed E-state index contributed by atoms with van der Waals surface area (Å²) < 4.78 is 12.4. The van der Waals surface area contributed by atoms with E-state index in [1.807, 2.05) is 12.1 Å². The van der Waals surface area contributed by atoms with E-state index in [0.29, 0.717) is 12.8 Å². The highest BCUT2D eigenvalue weighted by Crippen LogP contribution is 2.33. The van der Waals surface area contributed by atoms with Gasteiger partial charge in [0.25, 0.3) is 0 Å². The Kier molecular flexibility index (Phi) is 4.81. The van der Waals surface area contributed by atoms with Gasteiger partial charge >= 0.3 is 0 Å². The van der Waals surface area contributed by atoms with E-state index in [-0.39, 0.29) is 6.10 Å². The van der Waals surface area contributed by atoms with Crippen LogP contribution < -0.4 is 10.1 Å².